The van der Waals surface area contributed by atoms with Crippen molar-refractivity contribution in [3.63, 3.8) is 0 Å². The SMILES string of the molecule is CCCCCC1CCC(c2ccc(CCc3ccc(CCCC)cc3)c(F)c2)CC1. The molecular weight excluding hydrogens is 367 g/mol. The van der Waals surface area contributed by atoms with Crippen molar-refractivity contribution in [3.8, 4) is 0 Å². The molecule has 0 saturated heterocycles. The maximum atomic E-state index is 14.8. The normalized spacial score (nSPS) is 19.2. The van der Waals surface area contributed by atoms with Gasteiger partial charge < -0.3 is 0 Å². The number of rotatable bonds is 11. The Hall–Kier alpha value is -1.63. The molecule has 0 bridgehead atoms. The number of aryl methyl sites for hydroxylation is 3. The molecule has 30 heavy (non-hydrogen) atoms. The average molecular weight is 409 g/mol. The van der Waals surface area contributed by atoms with Gasteiger partial charge in [-0.15, -0.1) is 0 Å². The van der Waals surface area contributed by atoms with Gasteiger partial charge in [-0.25, -0.2) is 4.39 Å². The van der Waals surface area contributed by atoms with Gasteiger partial charge in [-0.3, -0.25) is 0 Å². The molecule has 0 aromatic heterocycles. The Morgan fingerprint density at radius 1 is 0.733 bits per heavy atom. The lowest BCUT2D eigenvalue weighted by Crippen LogP contribution is -2.13. The highest BCUT2D eigenvalue weighted by Crippen LogP contribution is 2.38. The van der Waals surface area contributed by atoms with Crippen LogP contribution in [-0.2, 0) is 19.3 Å². The van der Waals surface area contributed by atoms with Crippen molar-refractivity contribution in [1.29, 1.82) is 0 Å². The highest BCUT2D eigenvalue weighted by molar-refractivity contribution is 5.29. The van der Waals surface area contributed by atoms with Crippen molar-refractivity contribution in [3.05, 3.63) is 70.5 Å². The minimum atomic E-state index is -0.00265. The molecule has 1 fully saturated rings. The molecular formula is C29H41F. The van der Waals surface area contributed by atoms with Gasteiger partial charge in [0.25, 0.3) is 0 Å². The van der Waals surface area contributed by atoms with Crippen LogP contribution in [0.5, 0.6) is 0 Å². The topological polar surface area (TPSA) is 0 Å². The Kier molecular flexibility index (Phi) is 9.43. The van der Waals surface area contributed by atoms with Crippen molar-refractivity contribution < 1.29 is 4.39 Å². The summed E-state index contributed by atoms with van der Waals surface area (Å²) in [4.78, 5) is 0. The number of unbranched alkanes of at least 4 members (excludes halogenated alkanes) is 3. The standard InChI is InChI=1S/C29H41F/c1-3-5-7-9-24-14-17-26(18-15-24)28-21-20-27(29(30)22-28)19-16-25-12-10-23(11-13-25)8-6-4-2/h10-13,20-22,24,26H,3-9,14-19H2,1-2H3. The van der Waals surface area contributed by atoms with Crippen molar-refractivity contribution in [1.82, 2.24) is 0 Å². The third kappa shape index (κ3) is 6.96. The fraction of sp³-hybridized carbons (Fsp3) is 0.586. The first-order valence-corrected chi connectivity index (χ1v) is 12.6. The summed E-state index contributed by atoms with van der Waals surface area (Å²) in [5, 5.41) is 0. The Balaban J connectivity index is 1.48. The molecule has 1 saturated carbocycles. The molecule has 0 N–H and O–H groups in total. The molecule has 1 heteroatoms. The summed E-state index contributed by atoms with van der Waals surface area (Å²) in [6.45, 7) is 4.51. The van der Waals surface area contributed by atoms with Gasteiger partial charge in [-0.05, 0) is 91.5 Å². The van der Waals surface area contributed by atoms with Crippen LogP contribution in [-0.4, -0.2) is 0 Å². The third-order valence-corrected chi connectivity index (χ3v) is 7.14. The lowest BCUT2D eigenvalue weighted by Gasteiger charge is -2.29. The summed E-state index contributed by atoms with van der Waals surface area (Å²) in [5.41, 5.74) is 4.81. The van der Waals surface area contributed by atoms with E-state index in [1.54, 1.807) is 0 Å². The van der Waals surface area contributed by atoms with Crippen LogP contribution in [0.15, 0.2) is 42.5 Å². The molecule has 2 aromatic carbocycles. The van der Waals surface area contributed by atoms with Gasteiger partial charge in [-0.1, -0.05) is 82.3 Å². The molecule has 0 unspecified atom stereocenters. The molecule has 164 valence electrons. The largest absolute Gasteiger partial charge is 0.207 e. The van der Waals surface area contributed by atoms with Crippen LogP contribution in [0.3, 0.4) is 0 Å². The number of hydrogen-bond acceptors (Lipinski definition) is 0. The second-order valence-electron chi connectivity index (χ2n) is 9.48. The minimum Gasteiger partial charge on any atom is -0.207 e. The van der Waals surface area contributed by atoms with E-state index < -0.39 is 0 Å². The summed E-state index contributed by atoms with van der Waals surface area (Å²) in [5.74, 6) is 1.47. The van der Waals surface area contributed by atoms with E-state index in [1.807, 2.05) is 12.1 Å². The maximum Gasteiger partial charge on any atom is 0.126 e. The zero-order valence-corrected chi connectivity index (χ0v) is 19.3. The molecule has 1 aliphatic carbocycles. The lowest BCUT2D eigenvalue weighted by molar-refractivity contribution is 0.302. The first kappa shape index (κ1) is 23.0. The zero-order valence-electron chi connectivity index (χ0n) is 19.3. The van der Waals surface area contributed by atoms with E-state index in [4.69, 9.17) is 0 Å². The van der Waals surface area contributed by atoms with Gasteiger partial charge in [0.15, 0.2) is 0 Å². The Morgan fingerprint density at radius 2 is 1.40 bits per heavy atom. The van der Waals surface area contributed by atoms with E-state index in [-0.39, 0.29) is 5.82 Å². The van der Waals surface area contributed by atoms with Gasteiger partial charge >= 0.3 is 0 Å². The average Bonchev–Trinajstić information content (AvgIpc) is 2.78. The maximum absolute atomic E-state index is 14.8. The highest BCUT2D eigenvalue weighted by atomic mass is 19.1. The molecule has 0 atom stereocenters. The molecule has 1 aliphatic rings. The quantitative estimate of drug-likeness (QED) is 0.326. The van der Waals surface area contributed by atoms with Gasteiger partial charge in [0, 0.05) is 0 Å². The van der Waals surface area contributed by atoms with Crippen LogP contribution < -0.4 is 0 Å². The summed E-state index contributed by atoms with van der Waals surface area (Å²) >= 11 is 0. The molecule has 3 rings (SSSR count). The molecule has 0 aliphatic heterocycles. The van der Waals surface area contributed by atoms with Crippen molar-refractivity contribution in [2.75, 3.05) is 0 Å². The van der Waals surface area contributed by atoms with Crippen LogP contribution in [0, 0.1) is 11.7 Å². The van der Waals surface area contributed by atoms with Gasteiger partial charge in [0.05, 0.1) is 0 Å². The molecule has 0 amide bonds. The van der Waals surface area contributed by atoms with Crippen LogP contribution in [0.25, 0.3) is 0 Å². The van der Waals surface area contributed by atoms with E-state index in [1.165, 1.54) is 80.9 Å². The molecule has 0 nitrogen and oxygen atoms in total. The fourth-order valence-corrected chi connectivity index (χ4v) is 5.02. The predicted molar refractivity (Wildman–Crippen MR) is 128 cm³/mol. The first-order valence-electron chi connectivity index (χ1n) is 12.6. The predicted octanol–water partition coefficient (Wildman–Crippen LogP) is 8.81. The van der Waals surface area contributed by atoms with Gasteiger partial charge in [0.1, 0.15) is 5.82 Å². The number of hydrogen-bond donors (Lipinski definition) is 0. The lowest BCUT2D eigenvalue weighted by atomic mass is 9.77. The van der Waals surface area contributed by atoms with Crippen molar-refractivity contribution in [2.45, 2.75) is 103 Å². The van der Waals surface area contributed by atoms with Gasteiger partial charge in [-0.2, -0.15) is 0 Å². The second kappa shape index (κ2) is 12.3. The van der Waals surface area contributed by atoms with E-state index >= 15 is 0 Å². The Bertz CT molecular complexity index is 737. The summed E-state index contributed by atoms with van der Waals surface area (Å²) in [7, 11) is 0. The van der Waals surface area contributed by atoms with E-state index in [2.05, 4.69) is 44.2 Å². The Morgan fingerprint density at radius 3 is 2.03 bits per heavy atom. The van der Waals surface area contributed by atoms with Crippen molar-refractivity contribution >= 4 is 0 Å². The molecule has 0 radical (unpaired) electrons. The van der Waals surface area contributed by atoms with Gasteiger partial charge in [0.2, 0.25) is 0 Å². The van der Waals surface area contributed by atoms with E-state index in [0.29, 0.717) is 5.92 Å². The number of halogens is 1. The summed E-state index contributed by atoms with van der Waals surface area (Å²) < 4.78 is 14.8. The zero-order chi connectivity index (χ0) is 21.2. The van der Waals surface area contributed by atoms with Crippen LogP contribution in [0.4, 0.5) is 4.39 Å². The first-order chi connectivity index (χ1) is 14.7. The fourth-order valence-electron chi connectivity index (χ4n) is 5.02. The summed E-state index contributed by atoms with van der Waals surface area (Å²) in [6, 6.07) is 15.0. The van der Waals surface area contributed by atoms with Crippen LogP contribution >= 0.6 is 0 Å². The van der Waals surface area contributed by atoms with E-state index in [9.17, 15) is 4.39 Å². The van der Waals surface area contributed by atoms with E-state index in [0.717, 1.165) is 30.7 Å². The minimum absolute atomic E-state index is 0.00265. The molecule has 0 spiro atoms. The van der Waals surface area contributed by atoms with Crippen LogP contribution in [0.2, 0.25) is 0 Å². The number of benzene rings is 2. The smallest absolute Gasteiger partial charge is 0.126 e. The Labute approximate surface area is 184 Å². The second-order valence-corrected chi connectivity index (χ2v) is 9.48. The molecule has 2 aromatic rings. The monoisotopic (exact) mass is 408 g/mol. The summed E-state index contributed by atoms with van der Waals surface area (Å²) in [6.07, 6.45) is 15.9. The highest BCUT2D eigenvalue weighted by Gasteiger charge is 2.22. The molecule has 0 heterocycles. The van der Waals surface area contributed by atoms with Crippen LogP contribution in [0.1, 0.15) is 106 Å². The van der Waals surface area contributed by atoms with Crippen molar-refractivity contribution in [2.24, 2.45) is 5.92 Å². The third-order valence-electron chi connectivity index (χ3n) is 7.14.